The number of hydrogen-bond donors (Lipinski definition) is 3. The summed E-state index contributed by atoms with van der Waals surface area (Å²) in [6, 6.07) is 0. The zero-order valence-corrected chi connectivity index (χ0v) is 63.7. The Kier molecular flexibility index (Phi) is 68.9. The van der Waals surface area contributed by atoms with Gasteiger partial charge in [0.15, 0.2) is 12.2 Å². The number of phosphoric acid groups is 2. The van der Waals surface area contributed by atoms with Crippen molar-refractivity contribution in [2.75, 3.05) is 39.6 Å². The average Bonchev–Trinajstić information content (AvgIpc) is 1.02. The second kappa shape index (κ2) is 71.6. The van der Waals surface area contributed by atoms with Crippen molar-refractivity contribution in [2.45, 2.75) is 354 Å². The fourth-order valence-corrected chi connectivity index (χ4v) is 12.0. The first kappa shape index (κ1) is 94.2. The van der Waals surface area contributed by atoms with E-state index < -0.39 is 97.5 Å². The fourth-order valence-electron chi connectivity index (χ4n) is 10.4. The van der Waals surface area contributed by atoms with Crippen molar-refractivity contribution in [3.63, 3.8) is 0 Å². The number of aliphatic hydroxyl groups excluding tert-OH is 1. The molecule has 0 bridgehead atoms. The number of phosphoric ester groups is 2. The number of carbonyl (C=O) groups excluding carboxylic acids is 4. The van der Waals surface area contributed by atoms with Crippen molar-refractivity contribution in [2.24, 2.45) is 0 Å². The van der Waals surface area contributed by atoms with E-state index in [1.807, 2.05) is 12.2 Å². The van der Waals surface area contributed by atoms with Crippen molar-refractivity contribution in [3.05, 3.63) is 85.1 Å². The summed E-state index contributed by atoms with van der Waals surface area (Å²) in [5, 5.41) is 10.6. The maximum atomic E-state index is 13.1. The Hall–Kier alpha value is -3.76. The number of unbranched alkanes of at least 4 members (excludes halogenated alkanes) is 34. The van der Waals surface area contributed by atoms with Gasteiger partial charge in [-0.25, -0.2) is 9.13 Å². The summed E-state index contributed by atoms with van der Waals surface area (Å²) in [5.74, 6) is -2.25. The average molecular weight is 1420 g/mol. The number of allylic oxidation sites excluding steroid dienone is 14. The molecule has 0 aromatic carbocycles. The van der Waals surface area contributed by atoms with Crippen LogP contribution >= 0.6 is 15.6 Å². The van der Waals surface area contributed by atoms with Crippen LogP contribution in [-0.2, 0) is 65.4 Å². The molecule has 0 spiro atoms. The third-order valence-corrected chi connectivity index (χ3v) is 18.3. The summed E-state index contributed by atoms with van der Waals surface area (Å²) in [5.41, 5.74) is 0. The number of ether oxygens (including phenoxy) is 4. The number of esters is 4. The Labute approximate surface area is 595 Å². The van der Waals surface area contributed by atoms with Gasteiger partial charge in [-0.2, -0.15) is 0 Å². The van der Waals surface area contributed by atoms with Gasteiger partial charge >= 0.3 is 39.5 Å². The first-order valence-corrected chi connectivity index (χ1v) is 41.8. The molecule has 0 aliphatic carbocycles. The predicted octanol–water partition coefficient (Wildman–Crippen LogP) is 22.2. The summed E-state index contributed by atoms with van der Waals surface area (Å²) >= 11 is 0. The molecule has 0 aromatic rings. The van der Waals surface area contributed by atoms with Crippen LogP contribution in [-0.4, -0.2) is 96.7 Å². The molecule has 0 saturated carbocycles. The lowest BCUT2D eigenvalue weighted by atomic mass is 10.0. The van der Waals surface area contributed by atoms with E-state index in [0.29, 0.717) is 32.1 Å². The molecule has 0 saturated heterocycles. The minimum atomic E-state index is -4.98. The lowest BCUT2D eigenvalue weighted by Crippen LogP contribution is -2.30. The molecule has 19 heteroatoms. The monoisotopic (exact) mass is 1420 g/mol. The van der Waals surface area contributed by atoms with Gasteiger partial charge in [-0.05, 0) is 116 Å². The molecule has 0 amide bonds. The first-order valence-electron chi connectivity index (χ1n) is 38.8. The smallest absolute Gasteiger partial charge is 0.462 e. The SMILES string of the molecule is CCCCC/C=C\C/C=C\C/C=C\C/C=C\CCCC(=O)O[C@H](COC(=O)CCCCCCCCCCCCCCC)COP(=O)(O)OC[C@@H](O)COP(=O)(O)OC[C@@H](COC(=O)CCCCCCC/C=C\C=C/CCCCCC)OC(=O)CCCCCCC/C=C\CCCCCC. The van der Waals surface area contributed by atoms with Crippen LogP contribution in [0.2, 0.25) is 0 Å². The van der Waals surface area contributed by atoms with Crippen molar-refractivity contribution >= 4 is 39.5 Å². The zero-order valence-electron chi connectivity index (χ0n) is 62.0. The molecular formula is C79H140O17P2. The first-order chi connectivity index (χ1) is 47.7. The molecule has 17 nitrogen and oxygen atoms in total. The van der Waals surface area contributed by atoms with Gasteiger partial charge in [0.05, 0.1) is 26.4 Å². The van der Waals surface area contributed by atoms with E-state index in [1.165, 1.54) is 128 Å². The number of carbonyl (C=O) groups is 4. The Morgan fingerprint density at radius 3 is 0.908 bits per heavy atom. The quantitative estimate of drug-likeness (QED) is 0.0128. The molecule has 5 atom stereocenters. The third-order valence-electron chi connectivity index (χ3n) is 16.4. The van der Waals surface area contributed by atoms with Gasteiger partial charge < -0.3 is 33.8 Å². The molecule has 0 aromatic heterocycles. The minimum Gasteiger partial charge on any atom is -0.462 e. The number of aliphatic hydroxyl groups is 1. The van der Waals surface area contributed by atoms with Crippen LogP contribution in [0.4, 0.5) is 0 Å². The summed E-state index contributed by atoms with van der Waals surface area (Å²) in [6.07, 6.45) is 72.9. The number of rotatable bonds is 73. The van der Waals surface area contributed by atoms with Crippen LogP contribution in [0.3, 0.4) is 0 Å². The van der Waals surface area contributed by atoms with Crippen molar-refractivity contribution in [1.29, 1.82) is 0 Å². The Balaban J connectivity index is 5.39. The second-order valence-electron chi connectivity index (χ2n) is 26.0. The van der Waals surface area contributed by atoms with E-state index in [2.05, 4.69) is 101 Å². The molecule has 0 radical (unpaired) electrons. The maximum Gasteiger partial charge on any atom is 0.472 e. The van der Waals surface area contributed by atoms with E-state index in [-0.39, 0.29) is 25.7 Å². The van der Waals surface area contributed by atoms with E-state index >= 15 is 0 Å². The van der Waals surface area contributed by atoms with E-state index in [9.17, 15) is 43.2 Å². The molecule has 2 unspecified atom stereocenters. The maximum absolute atomic E-state index is 13.1. The van der Waals surface area contributed by atoms with Gasteiger partial charge in [0.25, 0.3) is 0 Å². The van der Waals surface area contributed by atoms with Crippen molar-refractivity contribution in [1.82, 2.24) is 0 Å². The molecule has 3 N–H and O–H groups in total. The summed E-state index contributed by atoms with van der Waals surface area (Å²) in [4.78, 5) is 72.8. The molecule has 0 rings (SSSR count). The fraction of sp³-hybridized carbons (Fsp3) is 0.772. The van der Waals surface area contributed by atoms with E-state index in [1.54, 1.807) is 0 Å². The highest BCUT2D eigenvalue weighted by Gasteiger charge is 2.30. The normalized spacial score (nSPS) is 14.4. The van der Waals surface area contributed by atoms with Crippen LogP contribution in [0.1, 0.15) is 336 Å². The highest BCUT2D eigenvalue weighted by Crippen LogP contribution is 2.45. The Morgan fingerprint density at radius 1 is 0.296 bits per heavy atom. The van der Waals surface area contributed by atoms with Crippen LogP contribution in [0.5, 0.6) is 0 Å². The Bertz CT molecular complexity index is 2190. The third kappa shape index (κ3) is 70.7. The van der Waals surface area contributed by atoms with Gasteiger partial charge in [0.1, 0.15) is 19.3 Å². The highest BCUT2D eigenvalue weighted by atomic mass is 31.2. The lowest BCUT2D eigenvalue weighted by molar-refractivity contribution is -0.161. The highest BCUT2D eigenvalue weighted by molar-refractivity contribution is 7.47. The second-order valence-corrected chi connectivity index (χ2v) is 28.9. The van der Waals surface area contributed by atoms with Gasteiger partial charge in [0, 0.05) is 25.7 Å². The topological polar surface area (TPSA) is 237 Å². The summed E-state index contributed by atoms with van der Waals surface area (Å²) < 4.78 is 68.4. The number of hydrogen-bond acceptors (Lipinski definition) is 15. The van der Waals surface area contributed by atoms with E-state index in [0.717, 1.165) is 122 Å². The van der Waals surface area contributed by atoms with Crippen LogP contribution < -0.4 is 0 Å². The van der Waals surface area contributed by atoms with Gasteiger partial charge in [0.2, 0.25) is 0 Å². The summed E-state index contributed by atoms with van der Waals surface area (Å²) in [6.45, 7) is 4.75. The van der Waals surface area contributed by atoms with Crippen LogP contribution in [0.25, 0.3) is 0 Å². The van der Waals surface area contributed by atoms with Crippen LogP contribution in [0.15, 0.2) is 85.1 Å². The molecule has 0 aliphatic rings. The molecule has 0 heterocycles. The van der Waals surface area contributed by atoms with Gasteiger partial charge in [-0.1, -0.05) is 280 Å². The molecular weight excluding hydrogens is 1280 g/mol. The molecule has 0 aliphatic heterocycles. The molecule has 98 heavy (non-hydrogen) atoms. The largest absolute Gasteiger partial charge is 0.472 e. The molecule has 568 valence electrons. The predicted molar refractivity (Wildman–Crippen MR) is 399 cm³/mol. The lowest BCUT2D eigenvalue weighted by Gasteiger charge is -2.21. The Morgan fingerprint density at radius 2 is 0.541 bits per heavy atom. The standard InChI is InChI=1S/C79H140O17P2/c1-5-9-13-17-21-25-29-33-35-36-38-42-46-50-54-58-62-66-79(84)96-75(69-89-76(81)63-59-55-51-47-43-39-31-27-23-19-15-11-7-3)72-94-98(87,88)92-68-73(80)67-91-97(85,86)93-71-74(95-78(83)65-61-57-53-49-45-40-32-28-24-20-16-12-8-4)70-90-77(82)64-60-56-52-48-44-41-37-34-30-26-22-18-14-10-6-2/h21,25-26,28,30,32-35,37-38,42,50,54,73-75,80H,5-20,22-24,27,29,31,36,39-41,43-49,51-53,55-72H2,1-4H3,(H,85,86)(H,87,88)/b25-21-,30-26-,32-28-,35-33-,37-34-,42-38-,54-50-/t73-,74+,75+/m0/s1. The van der Waals surface area contributed by atoms with Crippen molar-refractivity contribution in [3.8, 4) is 0 Å². The minimum absolute atomic E-state index is 0.0216. The van der Waals surface area contributed by atoms with Crippen molar-refractivity contribution < 1.29 is 80.2 Å². The van der Waals surface area contributed by atoms with Gasteiger partial charge in [-0.3, -0.25) is 37.3 Å². The zero-order chi connectivity index (χ0) is 71.8. The van der Waals surface area contributed by atoms with Gasteiger partial charge in [-0.15, -0.1) is 0 Å². The van der Waals surface area contributed by atoms with E-state index in [4.69, 9.17) is 37.0 Å². The van der Waals surface area contributed by atoms with Crippen LogP contribution in [0, 0.1) is 0 Å². The molecule has 0 fully saturated rings. The summed E-state index contributed by atoms with van der Waals surface area (Å²) in [7, 11) is -9.96.